The molecular formula is C16H19FN6O6S. The van der Waals surface area contributed by atoms with Crippen molar-refractivity contribution in [1.29, 1.82) is 0 Å². The molecule has 0 fully saturated rings. The smallest absolute Gasteiger partial charge is 0.327 e. The molecule has 30 heavy (non-hydrogen) atoms. The lowest BCUT2D eigenvalue weighted by Crippen LogP contribution is -2.39. The number of methoxy groups -OCH3 is 2. The Morgan fingerprint density at radius 1 is 1.13 bits per heavy atom. The summed E-state index contributed by atoms with van der Waals surface area (Å²) in [7, 11) is 0.865. The Morgan fingerprint density at radius 3 is 2.17 bits per heavy atom. The number of carbonyl (C=O) groups is 2. The van der Waals surface area contributed by atoms with E-state index in [1.807, 2.05) is 4.72 Å². The van der Waals surface area contributed by atoms with E-state index in [9.17, 15) is 22.4 Å². The number of hydrogen-bond donors (Lipinski definition) is 3. The van der Waals surface area contributed by atoms with Crippen LogP contribution in [0.2, 0.25) is 0 Å². The lowest BCUT2D eigenvalue weighted by Gasteiger charge is -2.19. The molecule has 0 aliphatic rings. The lowest BCUT2D eigenvalue weighted by atomic mass is 10.0. The fraction of sp³-hybridized carbons (Fsp3) is 0.250. The molecule has 1 heterocycles. The number of nitrogens with one attached hydrogen (secondary N) is 2. The maximum Gasteiger partial charge on any atom is 0.327 e. The van der Waals surface area contributed by atoms with Crippen LogP contribution in [-0.4, -0.2) is 63.5 Å². The van der Waals surface area contributed by atoms with Gasteiger partial charge in [-0.25, -0.2) is 13.9 Å². The summed E-state index contributed by atoms with van der Waals surface area (Å²) >= 11 is 0. The fourth-order valence-electron chi connectivity index (χ4n) is 2.35. The van der Waals surface area contributed by atoms with E-state index in [0.29, 0.717) is 0 Å². The maximum atomic E-state index is 14.7. The van der Waals surface area contributed by atoms with Gasteiger partial charge in [-0.2, -0.15) is 18.4 Å². The lowest BCUT2D eigenvalue weighted by molar-refractivity contribution is 0.0823. The van der Waals surface area contributed by atoms with Crippen LogP contribution in [-0.2, 0) is 10.2 Å². The van der Waals surface area contributed by atoms with Gasteiger partial charge in [0, 0.05) is 14.1 Å². The molecule has 0 aliphatic heterocycles. The topological polar surface area (TPSA) is 166 Å². The number of urea groups is 1. The molecule has 0 saturated heterocycles. The Hall–Kier alpha value is -3.68. The van der Waals surface area contributed by atoms with Crippen LogP contribution in [0.1, 0.15) is 10.4 Å². The molecule has 14 heteroatoms. The third kappa shape index (κ3) is 5.02. The van der Waals surface area contributed by atoms with Crippen LogP contribution < -0.4 is 24.7 Å². The molecular weight excluding hydrogens is 423 g/mol. The summed E-state index contributed by atoms with van der Waals surface area (Å²) in [4.78, 5) is 32.8. The molecule has 2 rings (SSSR count). The van der Waals surface area contributed by atoms with Gasteiger partial charge in [0.25, 0.3) is 5.91 Å². The molecule has 1 aromatic carbocycles. The number of rotatable bonds is 7. The molecule has 0 bridgehead atoms. The molecule has 0 spiro atoms. The van der Waals surface area contributed by atoms with Crippen molar-refractivity contribution >= 4 is 27.8 Å². The quantitative estimate of drug-likeness (QED) is 0.551. The Bertz CT molecular complexity index is 1070. The van der Waals surface area contributed by atoms with Gasteiger partial charge in [0.2, 0.25) is 11.8 Å². The maximum absolute atomic E-state index is 14.7. The first-order chi connectivity index (χ1) is 14.0. The zero-order valence-electron chi connectivity index (χ0n) is 16.4. The summed E-state index contributed by atoms with van der Waals surface area (Å²) in [6.45, 7) is 0. The first-order valence-electron chi connectivity index (χ1n) is 8.10. The van der Waals surface area contributed by atoms with E-state index in [2.05, 4.69) is 9.97 Å². The summed E-state index contributed by atoms with van der Waals surface area (Å²) in [5, 5.41) is 0. The molecule has 12 nitrogen and oxygen atoms in total. The van der Waals surface area contributed by atoms with Gasteiger partial charge in [0.05, 0.1) is 37.1 Å². The van der Waals surface area contributed by atoms with Gasteiger partial charge in [-0.3, -0.25) is 9.52 Å². The standard InChI is InChI=1S/C16H19FN6O6S/c1-23(2)15(24)12-8(17)5-6-9(21-30(26,27)22-16(18)25)13(12)14-19-10(28-3)7-11(20-14)29-4/h5-7,21H,1-4H3,(H3,18,22,25). The van der Waals surface area contributed by atoms with Crippen LogP contribution in [0.5, 0.6) is 11.8 Å². The molecule has 2 aromatic rings. The monoisotopic (exact) mass is 442 g/mol. The second-order valence-corrected chi connectivity index (χ2v) is 7.31. The number of aromatic nitrogens is 2. The summed E-state index contributed by atoms with van der Waals surface area (Å²) in [6, 6.07) is 1.89. The van der Waals surface area contributed by atoms with Gasteiger partial charge in [-0.05, 0) is 12.1 Å². The van der Waals surface area contributed by atoms with Crippen molar-refractivity contribution in [2.75, 3.05) is 33.0 Å². The van der Waals surface area contributed by atoms with Crippen molar-refractivity contribution in [3.8, 4) is 23.1 Å². The van der Waals surface area contributed by atoms with Crippen LogP contribution >= 0.6 is 0 Å². The molecule has 0 atom stereocenters. The van der Waals surface area contributed by atoms with Crippen molar-refractivity contribution in [3.63, 3.8) is 0 Å². The van der Waals surface area contributed by atoms with Crippen LogP contribution in [0.25, 0.3) is 11.4 Å². The summed E-state index contributed by atoms with van der Waals surface area (Å²) in [6.07, 6.45) is 0. The highest BCUT2D eigenvalue weighted by Gasteiger charge is 2.27. The Morgan fingerprint density at radius 2 is 1.70 bits per heavy atom. The number of halogens is 1. The minimum Gasteiger partial charge on any atom is -0.481 e. The number of benzene rings is 1. The number of carbonyl (C=O) groups excluding carboxylic acids is 2. The number of anilines is 1. The van der Waals surface area contributed by atoms with Crippen LogP contribution in [0, 0.1) is 5.82 Å². The van der Waals surface area contributed by atoms with Crippen molar-refractivity contribution in [2.24, 2.45) is 5.73 Å². The van der Waals surface area contributed by atoms with E-state index >= 15 is 0 Å². The van der Waals surface area contributed by atoms with Crippen molar-refractivity contribution in [2.45, 2.75) is 0 Å². The van der Waals surface area contributed by atoms with E-state index in [4.69, 9.17) is 15.2 Å². The van der Waals surface area contributed by atoms with E-state index in [1.165, 1.54) is 39.1 Å². The molecule has 0 radical (unpaired) electrons. The van der Waals surface area contributed by atoms with E-state index in [1.54, 1.807) is 0 Å². The number of primary amides is 1. The SMILES string of the molecule is COc1cc(OC)nc(-c2c(NS(=O)(=O)NC(N)=O)ccc(F)c2C(=O)N(C)C)n1. The van der Waals surface area contributed by atoms with Gasteiger partial charge in [0.1, 0.15) is 5.82 Å². The third-order valence-electron chi connectivity index (χ3n) is 3.57. The zero-order valence-corrected chi connectivity index (χ0v) is 17.2. The minimum atomic E-state index is -4.51. The first-order valence-corrected chi connectivity index (χ1v) is 9.59. The van der Waals surface area contributed by atoms with Crippen LogP contribution in [0.4, 0.5) is 14.9 Å². The van der Waals surface area contributed by atoms with E-state index in [-0.39, 0.29) is 28.8 Å². The fourth-order valence-corrected chi connectivity index (χ4v) is 3.13. The van der Waals surface area contributed by atoms with Crippen molar-refractivity contribution in [1.82, 2.24) is 19.6 Å². The largest absolute Gasteiger partial charge is 0.481 e. The predicted molar refractivity (Wildman–Crippen MR) is 104 cm³/mol. The Balaban J connectivity index is 2.84. The van der Waals surface area contributed by atoms with Gasteiger partial charge in [-0.1, -0.05) is 0 Å². The van der Waals surface area contributed by atoms with Crippen LogP contribution in [0.15, 0.2) is 18.2 Å². The molecule has 0 aliphatic carbocycles. The molecule has 1 aromatic heterocycles. The number of nitrogens with two attached hydrogens (primary N) is 1. The average molecular weight is 442 g/mol. The average Bonchev–Trinajstić information content (AvgIpc) is 2.66. The number of ether oxygens (including phenoxy) is 2. The zero-order chi connectivity index (χ0) is 22.6. The number of amides is 3. The number of hydrogen-bond acceptors (Lipinski definition) is 8. The molecule has 3 amide bonds. The van der Waals surface area contributed by atoms with Crippen LogP contribution in [0.3, 0.4) is 0 Å². The van der Waals surface area contributed by atoms with Gasteiger partial charge in [-0.15, -0.1) is 0 Å². The predicted octanol–water partition coefficient (Wildman–Crippen LogP) is 0.327. The molecule has 4 N–H and O–H groups in total. The molecule has 162 valence electrons. The summed E-state index contributed by atoms with van der Waals surface area (Å²) in [5.41, 5.74) is 3.73. The second kappa shape index (κ2) is 8.77. The number of nitrogens with zero attached hydrogens (tertiary/aromatic N) is 3. The highest BCUT2D eigenvalue weighted by molar-refractivity contribution is 7.91. The highest BCUT2D eigenvalue weighted by Crippen LogP contribution is 2.34. The van der Waals surface area contributed by atoms with Gasteiger partial charge >= 0.3 is 16.2 Å². The van der Waals surface area contributed by atoms with Gasteiger partial charge < -0.3 is 20.1 Å². The van der Waals surface area contributed by atoms with Gasteiger partial charge in [0.15, 0.2) is 5.82 Å². The van der Waals surface area contributed by atoms with Crippen molar-refractivity contribution < 1.29 is 31.9 Å². The second-order valence-electron chi connectivity index (χ2n) is 5.89. The van der Waals surface area contributed by atoms with Crippen molar-refractivity contribution in [3.05, 3.63) is 29.6 Å². The summed E-state index contributed by atoms with van der Waals surface area (Å²) in [5.74, 6) is -2.01. The first kappa shape index (κ1) is 22.6. The molecule has 0 saturated carbocycles. The van der Waals surface area contributed by atoms with E-state index in [0.717, 1.165) is 17.0 Å². The summed E-state index contributed by atoms with van der Waals surface area (Å²) < 4.78 is 52.6. The Kier molecular flexibility index (Phi) is 6.61. The van der Waals surface area contributed by atoms with E-state index < -0.39 is 33.5 Å². The minimum absolute atomic E-state index is 0.00781. The molecule has 0 unspecified atom stereocenters. The third-order valence-corrected chi connectivity index (χ3v) is 4.53. The normalized spacial score (nSPS) is 10.8. The highest BCUT2D eigenvalue weighted by atomic mass is 32.2. The Labute approximate surface area is 171 Å².